The molecule has 1 aliphatic rings. The van der Waals surface area contributed by atoms with E-state index in [0.717, 1.165) is 0 Å². The third-order valence-corrected chi connectivity index (χ3v) is 4.08. The van der Waals surface area contributed by atoms with Crippen LogP contribution in [0.1, 0.15) is 12.8 Å². The Kier molecular flexibility index (Phi) is 6.48. The van der Waals surface area contributed by atoms with Gasteiger partial charge in [0.1, 0.15) is 5.54 Å². The molecular formula is C11H22BN3O5S. The van der Waals surface area contributed by atoms with Crippen molar-refractivity contribution in [1.29, 1.82) is 0 Å². The first-order chi connectivity index (χ1) is 9.69. The summed E-state index contributed by atoms with van der Waals surface area (Å²) >= 11 is 3.96. The van der Waals surface area contributed by atoms with Gasteiger partial charge >= 0.3 is 13.1 Å². The summed E-state index contributed by atoms with van der Waals surface area (Å²) in [5, 5.41) is 27.1. The molecule has 1 heterocycles. The van der Waals surface area contributed by atoms with Gasteiger partial charge < -0.3 is 31.5 Å². The number of nitrogens with two attached hydrogens (primary N) is 2. The van der Waals surface area contributed by atoms with Gasteiger partial charge in [0.2, 0.25) is 5.91 Å². The van der Waals surface area contributed by atoms with Crippen molar-refractivity contribution in [2.75, 3.05) is 18.8 Å². The first-order valence-electron chi connectivity index (χ1n) is 6.73. The Balaban J connectivity index is 2.84. The quantitative estimate of drug-likeness (QED) is 0.239. The molecule has 1 fully saturated rings. The van der Waals surface area contributed by atoms with E-state index >= 15 is 0 Å². The molecule has 7 N–H and O–H groups in total. The van der Waals surface area contributed by atoms with Crippen LogP contribution in [-0.4, -0.2) is 69.5 Å². The Morgan fingerprint density at radius 2 is 2.10 bits per heavy atom. The van der Waals surface area contributed by atoms with Crippen molar-refractivity contribution in [2.45, 2.75) is 30.7 Å². The van der Waals surface area contributed by atoms with Crippen LogP contribution >= 0.6 is 12.6 Å². The molecule has 1 aliphatic heterocycles. The minimum Gasteiger partial charge on any atom is -0.480 e. The highest BCUT2D eigenvalue weighted by molar-refractivity contribution is 7.80. The number of hydrogen-bond donors (Lipinski definition) is 6. The average molecular weight is 319 g/mol. The van der Waals surface area contributed by atoms with E-state index in [2.05, 4.69) is 12.6 Å². The predicted octanol–water partition coefficient (Wildman–Crippen LogP) is -2.26. The lowest BCUT2D eigenvalue weighted by atomic mass is 9.75. The Morgan fingerprint density at radius 1 is 1.48 bits per heavy atom. The molecule has 1 rings (SSSR count). The van der Waals surface area contributed by atoms with Gasteiger partial charge in [0.15, 0.2) is 0 Å². The molecule has 0 aliphatic carbocycles. The van der Waals surface area contributed by atoms with Gasteiger partial charge in [-0.25, -0.2) is 0 Å². The SMILES string of the molecule is NC(CS)C(=O)N1C[C@@H](CCB(O)O)C[C@](N)(C(=O)O)C1. The van der Waals surface area contributed by atoms with Crippen LogP contribution in [0.2, 0.25) is 6.32 Å². The maximum Gasteiger partial charge on any atom is 0.451 e. The summed E-state index contributed by atoms with van der Waals surface area (Å²) in [7, 11) is -1.47. The smallest absolute Gasteiger partial charge is 0.451 e. The fraction of sp³-hybridized carbons (Fsp3) is 0.818. The van der Waals surface area contributed by atoms with Crippen LogP contribution in [0, 0.1) is 5.92 Å². The van der Waals surface area contributed by atoms with Crippen LogP contribution < -0.4 is 11.5 Å². The second-order valence-corrected chi connectivity index (χ2v) is 5.96. The van der Waals surface area contributed by atoms with E-state index in [1.807, 2.05) is 0 Å². The van der Waals surface area contributed by atoms with Gasteiger partial charge in [-0.15, -0.1) is 0 Å². The van der Waals surface area contributed by atoms with Crippen LogP contribution in [0.5, 0.6) is 0 Å². The van der Waals surface area contributed by atoms with E-state index in [4.69, 9.17) is 21.5 Å². The number of carbonyl (C=O) groups is 2. The number of carboxylic acids is 1. The number of thiol groups is 1. The molecule has 21 heavy (non-hydrogen) atoms. The number of rotatable bonds is 6. The molecule has 0 saturated carbocycles. The zero-order valence-electron chi connectivity index (χ0n) is 11.7. The highest BCUT2D eigenvalue weighted by atomic mass is 32.1. The van der Waals surface area contributed by atoms with Crippen molar-refractivity contribution in [3.05, 3.63) is 0 Å². The first-order valence-corrected chi connectivity index (χ1v) is 7.36. The molecule has 0 radical (unpaired) electrons. The highest BCUT2D eigenvalue weighted by Gasteiger charge is 2.44. The molecule has 3 atom stereocenters. The van der Waals surface area contributed by atoms with Crippen molar-refractivity contribution < 1.29 is 24.7 Å². The summed E-state index contributed by atoms with van der Waals surface area (Å²) < 4.78 is 0. The summed E-state index contributed by atoms with van der Waals surface area (Å²) in [5.74, 6) is -1.65. The van der Waals surface area contributed by atoms with Gasteiger partial charge in [-0.2, -0.15) is 12.6 Å². The van der Waals surface area contributed by atoms with E-state index in [1.165, 1.54) is 4.90 Å². The largest absolute Gasteiger partial charge is 0.480 e. The molecule has 8 nitrogen and oxygen atoms in total. The molecule has 0 aromatic heterocycles. The van der Waals surface area contributed by atoms with Crippen molar-refractivity contribution in [3.8, 4) is 0 Å². The van der Waals surface area contributed by atoms with Gasteiger partial charge in [-0.1, -0.05) is 6.42 Å². The lowest BCUT2D eigenvalue weighted by Crippen LogP contribution is -2.64. The Morgan fingerprint density at radius 3 is 2.57 bits per heavy atom. The fourth-order valence-electron chi connectivity index (χ4n) is 2.57. The molecule has 1 unspecified atom stereocenters. The lowest BCUT2D eigenvalue weighted by Gasteiger charge is -2.42. The lowest BCUT2D eigenvalue weighted by molar-refractivity contribution is -0.149. The highest BCUT2D eigenvalue weighted by Crippen LogP contribution is 2.28. The van der Waals surface area contributed by atoms with Crippen LogP contribution in [0.3, 0.4) is 0 Å². The van der Waals surface area contributed by atoms with Crippen LogP contribution in [0.25, 0.3) is 0 Å². The molecule has 1 saturated heterocycles. The summed E-state index contributed by atoms with van der Waals surface area (Å²) in [6, 6.07) is -0.812. The molecule has 0 spiro atoms. The molecule has 0 bridgehead atoms. The standard InChI is InChI=1S/C11H22BN3O5S/c13-8(5-21)9(16)15-4-7(1-2-12(19)20)3-11(14,6-15)10(17)18/h7-8,19-21H,1-6,13-14H2,(H,17,18)/t7-,8?,11+/m0/s1. The molecular weight excluding hydrogens is 297 g/mol. The van der Waals surface area contributed by atoms with E-state index in [0.29, 0.717) is 13.0 Å². The van der Waals surface area contributed by atoms with Gasteiger partial charge in [-0.3, -0.25) is 9.59 Å². The summed E-state index contributed by atoms with van der Waals surface area (Å²) in [4.78, 5) is 24.8. The molecule has 0 aromatic carbocycles. The third kappa shape index (κ3) is 4.85. The summed E-state index contributed by atoms with van der Waals surface area (Å²) in [6.07, 6.45) is 0.639. The number of carbonyl (C=O) groups excluding carboxylic acids is 1. The monoisotopic (exact) mass is 319 g/mol. The van der Waals surface area contributed by atoms with E-state index in [-0.39, 0.29) is 31.0 Å². The Labute approximate surface area is 129 Å². The van der Waals surface area contributed by atoms with Crippen LogP contribution in [-0.2, 0) is 9.59 Å². The Bertz CT molecular complexity index is 400. The van der Waals surface area contributed by atoms with E-state index in [1.54, 1.807) is 0 Å². The van der Waals surface area contributed by atoms with Gasteiger partial charge in [0, 0.05) is 18.8 Å². The van der Waals surface area contributed by atoms with Gasteiger partial charge in [-0.05, 0) is 18.7 Å². The number of hydrogen-bond acceptors (Lipinski definition) is 7. The zero-order chi connectivity index (χ0) is 16.2. The number of nitrogens with zero attached hydrogens (tertiary/aromatic N) is 1. The number of likely N-dealkylation sites (tertiary alicyclic amines) is 1. The number of carboxylic acid groups (broad SMARTS) is 1. The number of amides is 1. The molecule has 0 aromatic rings. The number of piperidine rings is 1. The number of aliphatic carboxylic acids is 1. The normalized spacial score (nSPS) is 27.3. The van der Waals surface area contributed by atoms with E-state index in [9.17, 15) is 14.7 Å². The van der Waals surface area contributed by atoms with Crippen LogP contribution in [0.4, 0.5) is 0 Å². The van der Waals surface area contributed by atoms with Crippen LogP contribution in [0.15, 0.2) is 0 Å². The second-order valence-electron chi connectivity index (χ2n) is 5.60. The van der Waals surface area contributed by atoms with E-state index < -0.39 is 30.6 Å². The van der Waals surface area contributed by atoms with Crippen molar-refractivity contribution in [2.24, 2.45) is 17.4 Å². The van der Waals surface area contributed by atoms with Gasteiger partial charge in [0.05, 0.1) is 6.04 Å². The maximum absolute atomic E-state index is 12.1. The van der Waals surface area contributed by atoms with Crippen molar-refractivity contribution in [1.82, 2.24) is 4.90 Å². The van der Waals surface area contributed by atoms with Crippen molar-refractivity contribution in [3.63, 3.8) is 0 Å². The first kappa shape index (κ1) is 18.2. The third-order valence-electron chi connectivity index (χ3n) is 3.69. The fourth-order valence-corrected chi connectivity index (χ4v) is 2.73. The minimum atomic E-state index is -1.55. The maximum atomic E-state index is 12.1. The Hall–Kier alpha value is -0.805. The molecule has 10 heteroatoms. The summed E-state index contributed by atoms with van der Waals surface area (Å²) in [6.45, 7) is 0.195. The van der Waals surface area contributed by atoms with Crippen molar-refractivity contribution >= 4 is 31.6 Å². The second kappa shape index (κ2) is 7.46. The average Bonchev–Trinajstić information content (AvgIpc) is 2.42. The molecule has 1 amide bonds. The zero-order valence-corrected chi connectivity index (χ0v) is 12.6. The summed E-state index contributed by atoms with van der Waals surface area (Å²) in [5.41, 5.74) is 9.99. The molecule has 120 valence electrons. The predicted molar refractivity (Wildman–Crippen MR) is 80.7 cm³/mol. The topological polar surface area (TPSA) is 150 Å². The minimum absolute atomic E-state index is 0.0982. The van der Waals surface area contributed by atoms with Gasteiger partial charge in [0.25, 0.3) is 0 Å².